The SMILES string of the molecule is [2H]C([2H])([2H])c1cc(-c2ccccc2)ccc1-c1cc(-c2c(C)ccc3c2oc2cc(-c4ccccc4)ccc23)[n+](C)cc1[Si](C)(C)C. The molecule has 0 amide bonds. The molecule has 0 aliphatic rings. The van der Waals surface area contributed by atoms with Crippen molar-refractivity contribution in [2.24, 2.45) is 7.05 Å². The van der Waals surface area contributed by atoms with Crippen molar-refractivity contribution in [2.75, 3.05) is 0 Å². The van der Waals surface area contributed by atoms with Crippen molar-refractivity contribution in [3.8, 4) is 44.6 Å². The Morgan fingerprint density at radius 2 is 1.27 bits per heavy atom. The number of aromatic nitrogens is 1. The van der Waals surface area contributed by atoms with Crippen LogP contribution in [-0.2, 0) is 7.05 Å². The first-order valence-electron chi connectivity index (χ1n) is 16.7. The van der Waals surface area contributed by atoms with Crippen LogP contribution in [0.3, 0.4) is 0 Å². The van der Waals surface area contributed by atoms with Gasteiger partial charge in [0.25, 0.3) is 0 Å². The van der Waals surface area contributed by atoms with E-state index in [4.69, 9.17) is 8.53 Å². The summed E-state index contributed by atoms with van der Waals surface area (Å²) in [4.78, 5) is 0. The first kappa shape index (κ1) is 24.7. The number of nitrogens with zero attached hydrogens (tertiary/aromatic N) is 1. The van der Waals surface area contributed by atoms with Gasteiger partial charge in [-0.15, -0.1) is 0 Å². The lowest BCUT2D eigenvalue weighted by molar-refractivity contribution is -0.659. The van der Waals surface area contributed by atoms with E-state index >= 15 is 0 Å². The van der Waals surface area contributed by atoms with Gasteiger partial charge in [0, 0.05) is 26.1 Å². The van der Waals surface area contributed by atoms with Crippen molar-refractivity contribution in [1.29, 1.82) is 0 Å². The predicted octanol–water partition coefficient (Wildman–Crippen LogP) is 10.2. The highest BCUT2D eigenvalue weighted by molar-refractivity contribution is 6.89. The minimum atomic E-state index is -2.29. The van der Waals surface area contributed by atoms with E-state index in [1.165, 1.54) is 5.19 Å². The van der Waals surface area contributed by atoms with Crippen molar-refractivity contribution in [1.82, 2.24) is 0 Å². The zero-order valence-electron chi connectivity index (χ0n) is 28.9. The van der Waals surface area contributed by atoms with E-state index in [-0.39, 0.29) is 0 Å². The molecule has 0 spiro atoms. The van der Waals surface area contributed by atoms with Gasteiger partial charge in [-0.05, 0) is 70.4 Å². The molecule has 0 fully saturated rings. The van der Waals surface area contributed by atoms with Crippen molar-refractivity contribution in [3.05, 3.63) is 133 Å². The Hall–Kier alpha value is -4.73. The van der Waals surface area contributed by atoms with E-state index in [9.17, 15) is 0 Å². The molecular formula is C41H38NOSi+. The summed E-state index contributed by atoms with van der Waals surface area (Å²) in [7, 11) is 0.148. The van der Waals surface area contributed by atoms with E-state index in [2.05, 4.69) is 99.0 Å². The molecule has 0 bridgehead atoms. The third kappa shape index (κ3) is 4.88. The standard InChI is InChI=1S/C41H38NOSi/c1-27-17-20-35-34-22-19-32(30-15-11-8-12-16-30)24-38(34)43-41(35)40(27)37-25-36(39(26-42(37)3)44(4,5)6)33-21-18-31(23-28(33)2)29-13-9-7-10-14-29/h7-26H,1-6H3/q+1/i2D3. The smallest absolute Gasteiger partial charge is 0.216 e. The fourth-order valence-electron chi connectivity index (χ4n) is 6.37. The number of furan rings is 1. The van der Waals surface area contributed by atoms with Crippen molar-refractivity contribution in [2.45, 2.75) is 33.4 Å². The Morgan fingerprint density at radius 1 is 0.636 bits per heavy atom. The molecular weight excluding hydrogens is 551 g/mol. The lowest BCUT2D eigenvalue weighted by atomic mass is 9.94. The van der Waals surface area contributed by atoms with Gasteiger partial charge < -0.3 is 4.42 Å². The highest BCUT2D eigenvalue weighted by Gasteiger charge is 2.29. The zero-order chi connectivity index (χ0) is 33.1. The number of pyridine rings is 1. The second-order valence-corrected chi connectivity index (χ2v) is 17.8. The molecule has 5 aromatic carbocycles. The number of hydrogen-bond donors (Lipinski definition) is 0. The lowest BCUT2D eigenvalue weighted by Crippen LogP contribution is -2.46. The van der Waals surface area contributed by atoms with Gasteiger partial charge >= 0.3 is 0 Å². The highest BCUT2D eigenvalue weighted by Crippen LogP contribution is 2.39. The van der Waals surface area contributed by atoms with Crippen LogP contribution in [0.25, 0.3) is 66.6 Å². The van der Waals surface area contributed by atoms with Crippen molar-refractivity contribution < 1.29 is 13.1 Å². The van der Waals surface area contributed by atoms with Gasteiger partial charge in [-0.3, -0.25) is 0 Å². The maximum atomic E-state index is 8.62. The number of benzene rings is 5. The quantitative estimate of drug-likeness (QED) is 0.144. The van der Waals surface area contributed by atoms with Crippen LogP contribution in [0.5, 0.6) is 0 Å². The van der Waals surface area contributed by atoms with Crippen LogP contribution in [0, 0.1) is 13.8 Å². The molecule has 0 atom stereocenters. The summed E-state index contributed by atoms with van der Waals surface area (Å²) in [5.74, 6) is 0. The molecule has 2 nitrogen and oxygen atoms in total. The maximum Gasteiger partial charge on any atom is 0.216 e. The Kier molecular flexibility index (Phi) is 6.04. The Balaban J connectivity index is 1.48. The zero-order valence-corrected chi connectivity index (χ0v) is 26.9. The van der Waals surface area contributed by atoms with E-state index in [0.717, 1.165) is 72.1 Å². The number of hydrogen-bond acceptors (Lipinski definition) is 1. The number of aryl methyl sites for hydroxylation is 3. The fourth-order valence-corrected chi connectivity index (χ4v) is 7.97. The average molecular weight is 592 g/mol. The second kappa shape index (κ2) is 10.8. The first-order chi connectivity index (χ1) is 22.4. The molecule has 0 saturated heterocycles. The van der Waals surface area contributed by atoms with Crippen LogP contribution in [0.1, 0.15) is 15.2 Å². The average Bonchev–Trinajstić information content (AvgIpc) is 3.42. The molecule has 7 aromatic rings. The summed E-state index contributed by atoms with van der Waals surface area (Å²) in [6.07, 6.45) is 2.22. The molecule has 2 aromatic heterocycles. The van der Waals surface area contributed by atoms with Crippen molar-refractivity contribution in [3.63, 3.8) is 0 Å². The summed E-state index contributed by atoms with van der Waals surface area (Å²) in [5, 5.41) is 3.35. The van der Waals surface area contributed by atoms with Crippen molar-refractivity contribution >= 4 is 35.2 Å². The van der Waals surface area contributed by atoms with Gasteiger partial charge in [-0.25, -0.2) is 4.57 Å². The molecule has 3 heteroatoms. The van der Waals surface area contributed by atoms with E-state index in [1.54, 1.807) is 0 Å². The first-order valence-corrected chi connectivity index (χ1v) is 18.7. The topological polar surface area (TPSA) is 17.0 Å². The molecule has 0 aliphatic heterocycles. The third-order valence-corrected chi connectivity index (χ3v) is 10.7. The predicted molar refractivity (Wildman–Crippen MR) is 189 cm³/mol. The van der Waals surface area contributed by atoms with Gasteiger partial charge in [-0.1, -0.05) is 117 Å². The Labute approximate surface area is 265 Å². The van der Waals surface area contributed by atoms with E-state index < -0.39 is 14.9 Å². The van der Waals surface area contributed by atoms with Gasteiger partial charge in [0.1, 0.15) is 18.2 Å². The summed E-state index contributed by atoms with van der Waals surface area (Å²) in [6, 6.07) is 39.2. The largest absolute Gasteiger partial charge is 0.455 e. The van der Waals surface area contributed by atoms with Gasteiger partial charge in [0.2, 0.25) is 5.69 Å². The fraction of sp³-hybridized carbons (Fsp3) is 0.146. The molecule has 44 heavy (non-hydrogen) atoms. The van der Waals surface area contributed by atoms with Crippen LogP contribution in [0.15, 0.2) is 126 Å². The second-order valence-electron chi connectivity index (χ2n) is 12.8. The maximum absolute atomic E-state index is 8.62. The third-order valence-electron chi connectivity index (χ3n) is 8.71. The Morgan fingerprint density at radius 3 is 1.93 bits per heavy atom. The van der Waals surface area contributed by atoms with E-state index in [0.29, 0.717) is 5.56 Å². The van der Waals surface area contributed by atoms with Crippen LogP contribution in [0.2, 0.25) is 19.6 Å². The summed E-state index contributed by atoms with van der Waals surface area (Å²) >= 11 is 0. The van der Waals surface area contributed by atoms with Crippen LogP contribution in [0.4, 0.5) is 0 Å². The normalized spacial score (nSPS) is 13.2. The van der Waals surface area contributed by atoms with Crippen LogP contribution in [-0.4, -0.2) is 8.07 Å². The lowest BCUT2D eigenvalue weighted by Gasteiger charge is -2.22. The molecule has 0 aliphatic carbocycles. The monoisotopic (exact) mass is 591 g/mol. The summed E-state index contributed by atoms with van der Waals surface area (Å²) in [6.45, 7) is 6.77. The summed E-state index contributed by atoms with van der Waals surface area (Å²) in [5.41, 5.74) is 11.0. The molecule has 0 saturated carbocycles. The van der Waals surface area contributed by atoms with E-state index in [1.807, 2.05) is 60.7 Å². The molecule has 0 radical (unpaired) electrons. The van der Waals surface area contributed by atoms with Gasteiger partial charge in [0.05, 0.1) is 13.6 Å². The number of rotatable bonds is 5. The van der Waals surface area contributed by atoms with Crippen LogP contribution < -0.4 is 9.75 Å². The summed E-state index contributed by atoms with van der Waals surface area (Å²) < 4.78 is 34.8. The van der Waals surface area contributed by atoms with Gasteiger partial charge in [0.15, 0.2) is 6.20 Å². The molecule has 0 N–H and O–H groups in total. The molecule has 216 valence electrons. The Bertz CT molecular complexity index is 2280. The minimum absolute atomic E-state index is 0.366. The molecule has 0 unspecified atom stereocenters. The molecule has 7 rings (SSSR count). The minimum Gasteiger partial charge on any atom is -0.455 e. The van der Waals surface area contributed by atoms with Crippen LogP contribution >= 0.6 is 0 Å². The molecule has 2 heterocycles. The highest BCUT2D eigenvalue weighted by atomic mass is 28.3. The number of fused-ring (bicyclic) bond motifs is 3. The van der Waals surface area contributed by atoms with Gasteiger partial charge in [-0.2, -0.15) is 0 Å².